The summed E-state index contributed by atoms with van der Waals surface area (Å²) in [6.45, 7) is 5.34. The third-order valence-electron chi connectivity index (χ3n) is 6.51. The van der Waals surface area contributed by atoms with Crippen molar-refractivity contribution in [3.63, 3.8) is 0 Å². The highest BCUT2D eigenvalue weighted by Gasteiger charge is 2.30. The lowest BCUT2D eigenvalue weighted by atomic mass is 9.92. The molecule has 9 nitrogen and oxygen atoms in total. The number of nitrogens with zero attached hydrogens (tertiary/aromatic N) is 5. The summed E-state index contributed by atoms with van der Waals surface area (Å²) in [6, 6.07) is 2.02. The predicted octanol–water partition coefficient (Wildman–Crippen LogP) is 1.53. The molecule has 3 N–H and O–H groups in total. The van der Waals surface area contributed by atoms with E-state index < -0.39 is 5.60 Å². The lowest BCUT2D eigenvalue weighted by molar-refractivity contribution is -0.00695. The van der Waals surface area contributed by atoms with Crippen molar-refractivity contribution in [1.29, 1.82) is 0 Å². The molecule has 0 atom stereocenters. The largest absolute Gasteiger partial charge is 0.481 e. The molecule has 178 valence electrons. The van der Waals surface area contributed by atoms with E-state index in [0.717, 1.165) is 59.7 Å². The molecule has 0 saturated carbocycles. The minimum Gasteiger partial charge on any atom is -0.481 e. The Morgan fingerprint density at radius 3 is 2.79 bits per heavy atom. The first-order chi connectivity index (χ1) is 15.9. The summed E-state index contributed by atoms with van der Waals surface area (Å²) in [5.41, 5.74) is 10.8. The number of likely N-dealkylation sites (tertiary alicyclic amines) is 1. The van der Waals surface area contributed by atoms with Crippen molar-refractivity contribution in [3.05, 3.63) is 41.0 Å². The van der Waals surface area contributed by atoms with Crippen LogP contribution in [-0.4, -0.2) is 83.6 Å². The minimum atomic E-state index is -0.765. The Hall–Kier alpha value is -2.75. The number of ether oxygens (including phenoxy) is 2. The summed E-state index contributed by atoms with van der Waals surface area (Å²) in [5.74, 6) is 0.599. The fourth-order valence-electron chi connectivity index (χ4n) is 4.46. The summed E-state index contributed by atoms with van der Waals surface area (Å²) in [4.78, 5) is 11.2. The zero-order valence-electron chi connectivity index (χ0n) is 19.8. The molecular weight excluding hydrogens is 420 g/mol. The predicted molar refractivity (Wildman–Crippen MR) is 128 cm³/mol. The molecule has 2 aliphatic rings. The number of allylic oxidation sites excluding steroid dienone is 1. The number of pyridine rings is 1. The van der Waals surface area contributed by atoms with Crippen LogP contribution < -0.4 is 10.5 Å². The Labute approximate surface area is 194 Å². The molecule has 0 unspecified atom stereocenters. The average molecular weight is 455 g/mol. The number of aromatic nitrogens is 3. The zero-order chi connectivity index (χ0) is 23.4. The molecule has 2 aromatic rings. The third-order valence-corrected chi connectivity index (χ3v) is 6.51. The highest BCUT2D eigenvalue weighted by Crippen LogP contribution is 2.28. The molecule has 0 amide bonds. The standard InChI is InChI=1S/C24H34N6O3/c1-17-12-19(15-27-23(17)32-3)30-21-5-11-33-10-4-20(21)22(28-30)18(13-25)14-26-16-24(31)6-8-29(2)9-7-24/h12-15,31H,4-11,16,25H2,1-3H3. The Morgan fingerprint density at radius 2 is 2.09 bits per heavy atom. The number of fused-ring (bicyclic) bond motifs is 1. The van der Waals surface area contributed by atoms with E-state index in [1.807, 2.05) is 17.7 Å². The number of methoxy groups -OCH3 is 1. The molecule has 0 spiro atoms. The first-order valence-electron chi connectivity index (χ1n) is 11.5. The number of aliphatic hydroxyl groups is 1. The summed E-state index contributed by atoms with van der Waals surface area (Å²) < 4.78 is 13.0. The van der Waals surface area contributed by atoms with Gasteiger partial charge >= 0.3 is 0 Å². The van der Waals surface area contributed by atoms with Crippen molar-refractivity contribution in [2.24, 2.45) is 10.7 Å². The molecule has 0 aliphatic carbocycles. The molecule has 33 heavy (non-hydrogen) atoms. The molecule has 4 heterocycles. The Kier molecular flexibility index (Phi) is 7.11. The van der Waals surface area contributed by atoms with Gasteiger partial charge in [0.1, 0.15) is 0 Å². The monoisotopic (exact) mass is 454 g/mol. The lowest BCUT2D eigenvalue weighted by Gasteiger charge is -2.35. The average Bonchev–Trinajstić information content (AvgIpc) is 2.99. The summed E-state index contributed by atoms with van der Waals surface area (Å²) in [6.07, 6.45) is 7.97. The van der Waals surface area contributed by atoms with Crippen LogP contribution in [0.3, 0.4) is 0 Å². The summed E-state index contributed by atoms with van der Waals surface area (Å²) in [5, 5.41) is 15.8. The second-order valence-corrected chi connectivity index (χ2v) is 8.94. The molecule has 1 fully saturated rings. The van der Waals surface area contributed by atoms with Gasteiger partial charge in [0.2, 0.25) is 5.88 Å². The Bertz CT molecular complexity index is 1040. The van der Waals surface area contributed by atoms with Crippen LogP contribution in [0.4, 0.5) is 0 Å². The van der Waals surface area contributed by atoms with Crippen LogP contribution in [0, 0.1) is 6.92 Å². The molecule has 0 radical (unpaired) electrons. The van der Waals surface area contributed by atoms with Crippen LogP contribution in [-0.2, 0) is 17.6 Å². The van der Waals surface area contributed by atoms with Gasteiger partial charge in [-0.1, -0.05) is 0 Å². The van der Waals surface area contributed by atoms with Crippen LogP contribution in [0.15, 0.2) is 23.5 Å². The van der Waals surface area contributed by atoms with E-state index in [4.69, 9.17) is 20.3 Å². The first kappa shape index (κ1) is 23.4. The van der Waals surface area contributed by atoms with E-state index >= 15 is 0 Å². The van der Waals surface area contributed by atoms with Gasteiger partial charge in [-0.15, -0.1) is 0 Å². The van der Waals surface area contributed by atoms with Crippen molar-refractivity contribution in [1.82, 2.24) is 19.7 Å². The topological polar surface area (TPSA) is 111 Å². The molecule has 1 saturated heterocycles. The van der Waals surface area contributed by atoms with Gasteiger partial charge in [0.15, 0.2) is 0 Å². The Balaban J connectivity index is 1.64. The maximum absolute atomic E-state index is 10.9. The van der Waals surface area contributed by atoms with E-state index in [-0.39, 0.29) is 0 Å². The van der Waals surface area contributed by atoms with Gasteiger partial charge in [0, 0.05) is 48.6 Å². The summed E-state index contributed by atoms with van der Waals surface area (Å²) >= 11 is 0. The number of aliphatic imine (C=N–C) groups is 1. The molecule has 2 aromatic heterocycles. The van der Waals surface area contributed by atoms with Crippen molar-refractivity contribution >= 4 is 11.8 Å². The zero-order valence-corrected chi connectivity index (χ0v) is 19.8. The molecule has 2 aliphatic heterocycles. The van der Waals surface area contributed by atoms with Crippen LogP contribution in [0.25, 0.3) is 11.3 Å². The molecule has 9 heteroatoms. The molecular formula is C24H34N6O3. The van der Waals surface area contributed by atoms with E-state index in [1.165, 1.54) is 0 Å². The van der Waals surface area contributed by atoms with Crippen molar-refractivity contribution < 1.29 is 14.6 Å². The molecule has 0 bridgehead atoms. The van der Waals surface area contributed by atoms with Crippen LogP contribution in [0.1, 0.15) is 35.4 Å². The van der Waals surface area contributed by atoms with E-state index in [1.54, 1.807) is 25.7 Å². The van der Waals surface area contributed by atoms with Gasteiger partial charge in [-0.25, -0.2) is 9.67 Å². The first-order valence-corrected chi connectivity index (χ1v) is 11.5. The number of piperidine rings is 1. The number of hydrogen-bond acceptors (Lipinski definition) is 8. The van der Waals surface area contributed by atoms with Gasteiger partial charge in [-0.3, -0.25) is 4.99 Å². The second kappa shape index (κ2) is 10.0. The maximum Gasteiger partial charge on any atom is 0.216 e. The van der Waals surface area contributed by atoms with Crippen molar-refractivity contribution in [2.45, 2.75) is 38.2 Å². The van der Waals surface area contributed by atoms with Crippen LogP contribution in [0.5, 0.6) is 5.88 Å². The van der Waals surface area contributed by atoms with Crippen LogP contribution in [0.2, 0.25) is 0 Å². The number of rotatable bonds is 6. The fraction of sp³-hybridized carbons (Fsp3) is 0.542. The van der Waals surface area contributed by atoms with E-state index in [0.29, 0.717) is 38.5 Å². The number of hydrogen-bond donors (Lipinski definition) is 2. The van der Waals surface area contributed by atoms with E-state index in [9.17, 15) is 5.11 Å². The minimum absolute atomic E-state index is 0.353. The van der Waals surface area contributed by atoms with Gasteiger partial charge in [0.25, 0.3) is 0 Å². The van der Waals surface area contributed by atoms with Crippen molar-refractivity contribution in [2.75, 3.05) is 47.0 Å². The van der Waals surface area contributed by atoms with Gasteiger partial charge in [0.05, 0.1) is 55.7 Å². The highest BCUT2D eigenvalue weighted by atomic mass is 16.5. The molecule has 4 rings (SSSR count). The van der Waals surface area contributed by atoms with Crippen molar-refractivity contribution in [3.8, 4) is 11.6 Å². The maximum atomic E-state index is 10.9. The van der Waals surface area contributed by atoms with Crippen LogP contribution >= 0.6 is 0 Å². The second-order valence-electron chi connectivity index (χ2n) is 8.94. The SMILES string of the molecule is COc1ncc(-n2nc(C(C=NCC3(O)CCN(C)CC3)=CN)c3c2CCOCC3)cc1C. The van der Waals surface area contributed by atoms with Gasteiger partial charge < -0.3 is 25.2 Å². The smallest absolute Gasteiger partial charge is 0.216 e. The van der Waals surface area contributed by atoms with Gasteiger partial charge in [-0.05, 0) is 39.3 Å². The fourth-order valence-corrected chi connectivity index (χ4v) is 4.46. The lowest BCUT2D eigenvalue weighted by Crippen LogP contribution is -2.44. The van der Waals surface area contributed by atoms with Gasteiger partial charge in [-0.2, -0.15) is 5.10 Å². The quantitative estimate of drug-likeness (QED) is 0.637. The number of nitrogens with two attached hydrogens (primary N) is 1. The Morgan fingerprint density at radius 1 is 1.33 bits per heavy atom. The third kappa shape index (κ3) is 5.10. The summed E-state index contributed by atoms with van der Waals surface area (Å²) in [7, 11) is 3.69. The number of aryl methyl sites for hydroxylation is 1. The highest BCUT2D eigenvalue weighted by molar-refractivity contribution is 6.09. The normalized spacial score (nSPS) is 19.5. The molecule has 0 aromatic carbocycles. The van der Waals surface area contributed by atoms with E-state index in [2.05, 4.69) is 21.9 Å².